The molecule has 0 amide bonds. The van der Waals surface area contributed by atoms with Gasteiger partial charge in [0.15, 0.2) is 4.80 Å². The molecule has 4 rings (SSSR count). The summed E-state index contributed by atoms with van der Waals surface area (Å²) in [5.74, 6) is -0.0157. The zero-order valence-electron chi connectivity index (χ0n) is 16.8. The second-order valence-electron chi connectivity index (χ2n) is 6.75. The van der Waals surface area contributed by atoms with Gasteiger partial charge in [0.05, 0.1) is 28.7 Å². The topological polar surface area (TPSA) is 83.0 Å². The molecule has 0 saturated carbocycles. The van der Waals surface area contributed by atoms with E-state index in [9.17, 15) is 9.59 Å². The Kier molecular flexibility index (Phi) is 6.22. The number of halogens is 1. The lowest BCUT2D eigenvalue weighted by atomic mass is 9.96. The maximum absolute atomic E-state index is 13.4. The van der Waals surface area contributed by atoms with Gasteiger partial charge in [0.25, 0.3) is 5.56 Å². The summed E-state index contributed by atoms with van der Waals surface area (Å²) in [5, 5.41) is 0.435. The van der Waals surface area contributed by atoms with Gasteiger partial charge in [-0.2, -0.15) is 0 Å². The zero-order chi connectivity index (χ0) is 22.0. The van der Waals surface area contributed by atoms with Gasteiger partial charge in [-0.1, -0.05) is 41.1 Å². The van der Waals surface area contributed by atoms with E-state index in [1.54, 1.807) is 43.3 Å². The Bertz CT molecular complexity index is 1320. The molecule has 1 aliphatic heterocycles. The van der Waals surface area contributed by atoms with Crippen molar-refractivity contribution in [1.29, 1.82) is 0 Å². The minimum atomic E-state index is -0.765. The quantitative estimate of drug-likeness (QED) is 0.419. The van der Waals surface area contributed by atoms with E-state index >= 15 is 0 Å². The van der Waals surface area contributed by atoms with Crippen molar-refractivity contribution in [3.05, 3.63) is 90.0 Å². The van der Waals surface area contributed by atoms with Crippen molar-refractivity contribution >= 4 is 35.0 Å². The van der Waals surface area contributed by atoms with Gasteiger partial charge < -0.3 is 13.9 Å². The van der Waals surface area contributed by atoms with Gasteiger partial charge in [-0.15, -0.1) is 0 Å². The third kappa shape index (κ3) is 4.14. The number of nitrogens with zero attached hydrogens (tertiary/aromatic N) is 2. The van der Waals surface area contributed by atoms with Gasteiger partial charge >= 0.3 is 5.97 Å². The Labute approximate surface area is 186 Å². The fourth-order valence-corrected chi connectivity index (χ4v) is 4.64. The molecule has 3 heterocycles. The van der Waals surface area contributed by atoms with Gasteiger partial charge in [0, 0.05) is 18.2 Å². The number of thiazole rings is 1. The summed E-state index contributed by atoms with van der Waals surface area (Å²) in [7, 11) is 1.52. The molecule has 160 valence electrons. The van der Waals surface area contributed by atoms with Gasteiger partial charge in [-0.25, -0.2) is 9.79 Å². The second kappa shape index (κ2) is 9.05. The summed E-state index contributed by atoms with van der Waals surface area (Å²) in [6.45, 7) is 2.07. The Hall–Kier alpha value is -2.94. The monoisotopic (exact) mass is 458 g/mol. The molecule has 0 bridgehead atoms. The molecule has 2 aromatic heterocycles. The molecule has 31 heavy (non-hydrogen) atoms. The number of allylic oxidation sites excluding steroid dienone is 1. The van der Waals surface area contributed by atoms with Crippen molar-refractivity contribution in [2.75, 3.05) is 20.3 Å². The van der Waals surface area contributed by atoms with Crippen LogP contribution in [0.25, 0.3) is 6.08 Å². The van der Waals surface area contributed by atoms with Crippen LogP contribution < -0.4 is 14.9 Å². The van der Waals surface area contributed by atoms with Crippen LogP contribution >= 0.6 is 22.9 Å². The first-order valence-electron chi connectivity index (χ1n) is 9.48. The molecular formula is C22H19ClN2O5S. The highest BCUT2D eigenvalue weighted by atomic mass is 35.5. The van der Waals surface area contributed by atoms with Crippen LogP contribution in [0.15, 0.2) is 68.1 Å². The van der Waals surface area contributed by atoms with Gasteiger partial charge in [0.2, 0.25) is 0 Å². The lowest BCUT2D eigenvalue weighted by molar-refractivity contribution is -0.140. The van der Waals surface area contributed by atoms with Crippen LogP contribution in [-0.4, -0.2) is 30.9 Å². The summed E-state index contributed by atoms with van der Waals surface area (Å²) in [5.41, 5.74) is 1.06. The highest BCUT2D eigenvalue weighted by molar-refractivity contribution is 7.07. The first kappa shape index (κ1) is 21.3. The van der Waals surface area contributed by atoms with Crippen molar-refractivity contribution in [2.24, 2.45) is 4.99 Å². The van der Waals surface area contributed by atoms with Crippen molar-refractivity contribution in [3.8, 4) is 0 Å². The van der Waals surface area contributed by atoms with E-state index in [-0.39, 0.29) is 24.3 Å². The second-order valence-corrected chi connectivity index (χ2v) is 8.16. The molecule has 7 nitrogen and oxygen atoms in total. The van der Waals surface area contributed by atoms with E-state index in [4.69, 9.17) is 25.5 Å². The number of esters is 1. The molecule has 0 unspecified atom stereocenters. The van der Waals surface area contributed by atoms with E-state index in [1.807, 2.05) is 6.07 Å². The number of carbonyl (C=O) groups excluding carboxylic acids is 1. The Morgan fingerprint density at radius 1 is 1.29 bits per heavy atom. The number of aromatic nitrogens is 1. The lowest BCUT2D eigenvalue weighted by Gasteiger charge is -2.25. The van der Waals surface area contributed by atoms with Crippen LogP contribution in [-0.2, 0) is 14.3 Å². The summed E-state index contributed by atoms with van der Waals surface area (Å²) in [4.78, 5) is 31.4. The van der Waals surface area contributed by atoms with E-state index in [2.05, 4.69) is 4.99 Å². The Morgan fingerprint density at radius 3 is 2.81 bits per heavy atom. The molecule has 0 spiro atoms. The summed E-state index contributed by atoms with van der Waals surface area (Å²) in [6, 6.07) is 9.85. The zero-order valence-corrected chi connectivity index (χ0v) is 18.4. The fourth-order valence-electron chi connectivity index (χ4n) is 3.37. The third-order valence-electron chi connectivity index (χ3n) is 4.78. The summed E-state index contributed by atoms with van der Waals surface area (Å²) >= 11 is 7.71. The number of ether oxygens (including phenoxy) is 2. The first-order valence-corrected chi connectivity index (χ1v) is 10.7. The maximum atomic E-state index is 13.4. The van der Waals surface area contributed by atoms with E-state index in [0.717, 1.165) is 0 Å². The number of carbonyl (C=O) groups is 1. The molecule has 0 aliphatic carbocycles. The van der Waals surface area contributed by atoms with Crippen molar-refractivity contribution < 1.29 is 18.7 Å². The summed E-state index contributed by atoms with van der Waals surface area (Å²) in [6.07, 6.45) is 3.19. The molecule has 1 aliphatic rings. The molecule has 0 N–H and O–H groups in total. The number of fused-ring (bicyclic) bond motifs is 1. The fraction of sp³-hybridized carbons (Fsp3) is 0.227. The largest absolute Gasteiger partial charge is 0.465 e. The van der Waals surface area contributed by atoms with Crippen molar-refractivity contribution in [2.45, 2.75) is 13.0 Å². The standard InChI is InChI=1S/C22H19ClN2O5S/c1-13-18(21(27)30-11-10-28-2)19(15-7-3-4-8-16(15)23)25-20(26)17(31-22(25)24-13)12-14-6-5-9-29-14/h3-9,12,19H,10-11H2,1-2H3/t19-/m0/s1. The molecule has 3 aromatic rings. The smallest absolute Gasteiger partial charge is 0.338 e. The van der Waals surface area contributed by atoms with Crippen LogP contribution in [0.5, 0.6) is 0 Å². The van der Waals surface area contributed by atoms with Gasteiger partial charge in [-0.05, 0) is 30.7 Å². The van der Waals surface area contributed by atoms with Gasteiger partial charge in [-0.3, -0.25) is 9.36 Å². The Balaban J connectivity index is 1.91. The number of benzene rings is 1. The number of rotatable bonds is 6. The van der Waals surface area contributed by atoms with Crippen molar-refractivity contribution in [3.63, 3.8) is 0 Å². The third-order valence-corrected chi connectivity index (χ3v) is 6.11. The first-order chi connectivity index (χ1) is 15.0. The molecule has 1 aromatic carbocycles. The van der Waals surface area contributed by atoms with Crippen LogP contribution in [0.4, 0.5) is 0 Å². The molecule has 1 atom stereocenters. The van der Waals surface area contributed by atoms with Crippen LogP contribution in [0.1, 0.15) is 24.3 Å². The molecule has 0 radical (unpaired) electrons. The predicted octanol–water partition coefficient (Wildman–Crippen LogP) is 2.67. The number of hydrogen-bond donors (Lipinski definition) is 0. The number of methoxy groups -OCH3 is 1. The highest BCUT2D eigenvalue weighted by Gasteiger charge is 2.34. The van der Waals surface area contributed by atoms with Crippen LogP contribution in [0.3, 0.4) is 0 Å². The van der Waals surface area contributed by atoms with Crippen molar-refractivity contribution in [1.82, 2.24) is 4.57 Å². The Morgan fingerprint density at radius 2 is 2.10 bits per heavy atom. The number of furan rings is 1. The minimum Gasteiger partial charge on any atom is -0.465 e. The molecule has 9 heteroatoms. The highest BCUT2D eigenvalue weighted by Crippen LogP contribution is 2.34. The average Bonchev–Trinajstić information content (AvgIpc) is 3.36. The maximum Gasteiger partial charge on any atom is 0.338 e. The predicted molar refractivity (Wildman–Crippen MR) is 117 cm³/mol. The lowest BCUT2D eigenvalue weighted by Crippen LogP contribution is -2.40. The van der Waals surface area contributed by atoms with E-state index in [1.165, 1.54) is 29.3 Å². The molecule has 0 fully saturated rings. The normalized spacial score (nSPS) is 16.2. The SMILES string of the molecule is COCCOC(=O)C1=C(C)N=c2sc(=Cc3ccco3)c(=O)n2[C@H]1c1ccccc1Cl. The van der Waals surface area contributed by atoms with Gasteiger partial charge in [0.1, 0.15) is 18.4 Å². The van der Waals surface area contributed by atoms with E-state index in [0.29, 0.717) is 31.4 Å². The summed E-state index contributed by atoms with van der Waals surface area (Å²) < 4.78 is 17.6. The van der Waals surface area contributed by atoms with Crippen LogP contribution in [0.2, 0.25) is 5.02 Å². The molecule has 0 saturated heterocycles. The average molecular weight is 459 g/mol. The minimum absolute atomic E-state index is 0.0876. The van der Waals surface area contributed by atoms with Crippen LogP contribution in [0, 0.1) is 0 Å². The molecular weight excluding hydrogens is 440 g/mol. The van der Waals surface area contributed by atoms with E-state index < -0.39 is 12.0 Å². The number of hydrogen-bond acceptors (Lipinski definition) is 7.